The van der Waals surface area contributed by atoms with Crippen molar-refractivity contribution in [3.8, 4) is 11.8 Å². The van der Waals surface area contributed by atoms with Gasteiger partial charge in [0.15, 0.2) is 0 Å². The predicted molar refractivity (Wildman–Crippen MR) is 80.7 cm³/mol. The quantitative estimate of drug-likeness (QED) is 0.546. The number of rotatable bonds is 7. The van der Waals surface area contributed by atoms with E-state index in [2.05, 4.69) is 16.6 Å². The molecule has 1 rings (SSSR count). The SMILES string of the molecule is COCCNS(=O)(=O)N(C)Cc1ccccc1C#CCO. The topological polar surface area (TPSA) is 78.9 Å². The number of benzene rings is 1. The second kappa shape index (κ2) is 8.77. The number of aliphatic hydroxyl groups is 1. The van der Waals surface area contributed by atoms with Crippen LogP contribution in [-0.2, 0) is 21.5 Å². The lowest BCUT2D eigenvalue weighted by molar-refractivity contribution is 0.204. The van der Waals surface area contributed by atoms with Crippen molar-refractivity contribution in [3.05, 3.63) is 35.4 Å². The molecule has 116 valence electrons. The van der Waals surface area contributed by atoms with Gasteiger partial charge in [-0.15, -0.1) is 0 Å². The summed E-state index contributed by atoms with van der Waals surface area (Å²) < 4.78 is 32.5. The number of hydrogen-bond donors (Lipinski definition) is 2. The summed E-state index contributed by atoms with van der Waals surface area (Å²) >= 11 is 0. The number of hydrogen-bond acceptors (Lipinski definition) is 4. The molecule has 0 aromatic heterocycles. The number of nitrogens with one attached hydrogen (secondary N) is 1. The zero-order valence-corrected chi connectivity index (χ0v) is 13.0. The van der Waals surface area contributed by atoms with Gasteiger partial charge >= 0.3 is 0 Å². The van der Waals surface area contributed by atoms with Gasteiger partial charge in [0.1, 0.15) is 6.61 Å². The van der Waals surface area contributed by atoms with Crippen LogP contribution in [-0.4, -0.2) is 51.7 Å². The van der Waals surface area contributed by atoms with Crippen LogP contribution in [0.2, 0.25) is 0 Å². The average molecular weight is 312 g/mol. The predicted octanol–water partition coefficient (Wildman–Crippen LogP) is -0.0570. The van der Waals surface area contributed by atoms with Gasteiger partial charge in [-0.1, -0.05) is 30.0 Å². The molecule has 0 aliphatic carbocycles. The van der Waals surface area contributed by atoms with E-state index >= 15 is 0 Å². The molecule has 2 N–H and O–H groups in total. The van der Waals surface area contributed by atoms with Crippen LogP contribution in [0.1, 0.15) is 11.1 Å². The molecule has 0 aliphatic rings. The number of ether oxygens (including phenoxy) is 1. The highest BCUT2D eigenvalue weighted by Gasteiger charge is 2.17. The lowest BCUT2D eigenvalue weighted by Crippen LogP contribution is -2.39. The van der Waals surface area contributed by atoms with E-state index in [1.807, 2.05) is 18.2 Å². The van der Waals surface area contributed by atoms with E-state index in [4.69, 9.17) is 9.84 Å². The van der Waals surface area contributed by atoms with Gasteiger partial charge < -0.3 is 9.84 Å². The Labute approximate surface area is 125 Å². The fraction of sp³-hybridized carbons (Fsp3) is 0.429. The summed E-state index contributed by atoms with van der Waals surface area (Å²) in [6.45, 7) is 0.487. The second-order valence-corrected chi connectivity index (χ2v) is 6.13. The lowest BCUT2D eigenvalue weighted by atomic mass is 10.1. The molecule has 1 aromatic carbocycles. The van der Waals surface area contributed by atoms with E-state index < -0.39 is 10.2 Å². The smallest absolute Gasteiger partial charge is 0.279 e. The van der Waals surface area contributed by atoms with Crippen molar-refractivity contribution in [2.45, 2.75) is 6.54 Å². The van der Waals surface area contributed by atoms with E-state index in [0.717, 1.165) is 5.56 Å². The number of methoxy groups -OCH3 is 1. The highest BCUT2D eigenvalue weighted by Crippen LogP contribution is 2.11. The monoisotopic (exact) mass is 312 g/mol. The molecule has 1 aromatic rings. The zero-order chi connectivity index (χ0) is 15.7. The van der Waals surface area contributed by atoms with Gasteiger partial charge in [0.05, 0.1) is 6.61 Å². The first-order valence-electron chi connectivity index (χ1n) is 6.38. The molecular formula is C14H20N2O4S. The van der Waals surface area contributed by atoms with Gasteiger partial charge in [-0.05, 0) is 11.6 Å². The third kappa shape index (κ3) is 5.83. The van der Waals surface area contributed by atoms with Crippen molar-refractivity contribution in [1.82, 2.24) is 9.03 Å². The first kappa shape index (κ1) is 17.6. The highest BCUT2D eigenvalue weighted by molar-refractivity contribution is 7.87. The van der Waals surface area contributed by atoms with Crippen LogP contribution in [0.15, 0.2) is 24.3 Å². The third-order valence-electron chi connectivity index (χ3n) is 2.71. The largest absolute Gasteiger partial charge is 0.384 e. The standard InChI is InChI=1S/C14H20N2O4S/c1-16(21(18,19)15-9-11-20-2)12-14-7-4-3-6-13(14)8-5-10-17/h3-4,6-7,15,17H,9-12H2,1-2H3. The Morgan fingerprint density at radius 3 is 2.76 bits per heavy atom. The van der Waals surface area contributed by atoms with E-state index in [9.17, 15) is 8.42 Å². The van der Waals surface area contributed by atoms with Crippen LogP contribution >= 0.6 is 0 Å². The molecule has 0 spiro atoms. The minimum atomic E-state index is -3.56. The molecule has 6 nitrogen and oxygen atoms in total. The molecule has 0 bridgehead atoms. The summed E-state index contributed by atoms with van der Waals surface area (Å²) in [6.07, 6.45) is 0. The maximum atomic E-state index is 12.0. The Kier molecular flexibility index (Phi) is 7.36. The highest BCUT2D eigenvalue weighted by atomic mass is 32.2. The molecule has 0 amide bonds. The lowest BCUT2D eigenvalue weighted by Gasteiger charge is -2.18. The van der Waals surface area contributed by atoms with Crippen LogP contribution in [0, 0.1) is 11.8 Å². The Bertz CT molecular complexity index is 605. The molecule has 0 heterocycles. The van der Waals surface area contributed by atoms with Gasteiger partial charge in [-0.3, -0.25) is 0 Å². The van der Waals surface area contributed by atoms with Gasteiger partial charge in [0.2, 0.25) is 0 Å². The van der Waals surface area contributed by atoms with Crippen molar-refractivity contribution in [2.24, 2.45) is 0 Å². The summed E-state index contributed by atoms with van der Waals surface area (Å²) in [5.74, 6) is 5.37. The summed E-state index contributed by atoms with van der Waals surface area (Å²) in [4.78, 5) is 0. The molecule has 0 saturated heterocycles. The van der Waals surface area contributed by atoms with Crippen LogP contribution in [0.5, 0.6) is 0 Å². The third-order valence-corrected chi connectivity index (χ3v) is 4.23. The fourth-order valence-corrected chi connectivity index (χ4v) is 2.49. The molecule has 7 heteroatoms. The van der Waals surface area contributed by atoms with Crippen LogP contribution in [0.4, 0.5) is 0 Å². The summed E-state index contributed by atoms with van der Waals surface area (Å²) in [6, 6.07) is 7.23. The number of nitrogens with zero attached hydrogens (tertiary/aromatic N) is 1. The van der Waals surface area contributed by atoms with Crippen molar-refractivity contribution < 1.29 is 18.3 Å². The fourth-order valence-electron chi connectivity index (χ4n) is 1.62. The Morgan fingerprint density at radius 1 is 1.38 bits per heavy atom. The van der Waals surface area contributed by atoms with Crippen molar-refractivity contribution >= 4 is 10.2 Å². The Balaban J connectivity index is 2.81. The summed E-state index contributed by atoms with van der Waals surface area (Å²) in [7, 11) is -0.563. The van der Waals surface area contributed by atoms with Crippen molar-refractivity contribution in [2.75, 3.05) is 33.9 Å². The molecule has 0 atom stereocenters. The molecule has 21 heavy (non-hydrogen) atoms. The summed E-state index contributed by atoms with van der Waals surface area (Å²) in [5.41, 5.74) is 1.48. The minimum absolute atomic E-state index is 0.193. The van der Waals surface area contributed by atoms with Gasteiger partial charge in [-0.25, -0.2) is 0 Å². The summed E-state index contributed by atoms with van der Waals surface area (Å²) in [5, 5.41) is 8.75. The van der Waals surface area contributed by atoms with Gasteiger partial charge in [0, 0.05) is 32.8 Å². The molecule has 0 unspecified atom stereocenters. The normalized spacial score (nSPS) is 11.2. The Morgan fingerprint density at radius 2 is 2.10 bits per heavy atom. The van der Waals surface area contributed by atoms with Crippen molar-refractivity contribution in [1.29, 1.82) is 0 Å². The zero-order valence-electron chi connectivity index (χ0n) is 12.2. The van der Waals surface area contributed by atoms with Crippen LogP contribution < -0.4 is 4.72 Å². The van der Waals surface area contributed by atoms with Crippen LogP contribution in [0.25, 0.3) is 0 Å². The van der Waals surface area contributed by atoms with Crippen molar-refractivity contribution in [3.63, 3.8) is 0 Å². The van der Waals surface area contributed by atoms with E-state index in [1.165, 1.54) is 18.5 Å². The van der Waals surface area contributed by atoms with E-state index in [0.29, 0.717) is 12.2 Å². The first-order chi connectivity index (χ1) is 10.0. The minimum Gasteiger partial charge on any atom is -0.384 e. The average Bonchev–Trinajstić information content (AvgIpc) is 2.46. The molecule has 0 fully saturated rings. The van der Waals surface area contributed by atoms with Gasteiger partial charge in [0.25, 0.3) is 10.2 Å². The number of aliphatic hydroxyl groups excluding tert-OH is 1. The maximum Gasteiger partial charge on any atom is 0.279 e. The molecule has 0 radical (unpaired) electrons. The molecule has 0 aliphatic heterocycles. The Hall–Kier alpha value is -1.43. The van der Waals surface area contributed by atoms with Crippen LogP contribution in [0.3, 0.4) is 0 Å². The maximum absolute atomic E-state index is 12.0. The molecular weight excluding hydrogens is 292 g/mol. The van der Waals surface area contributed by atoms with Gasteiger partial charge in [-0.2, -0.15) is 17.4 Å². The van der Waals surface area contributed by atoms with E-state index in [-0.39, 0.29) is 19.7 Å². The second-order valence-electron chi connectivity index (χ2n) is 4.27. The van der Waals surface area contributed by atoms with E-state index in [1.54, 1.807) is 6.07 Å². The molecule has 0 saturated carbocycles. The first-order valence-corrected chi connectivity index (χ1v) is 7.82.